The van der Waals surface area contributed by atoms with Crippen molar-refractivity contribution in [2.75, 3.05) is 5.75 Å². The van der Waals surface area contributed by atoms with Crippen LogP contribution in [0.5, 0.6) is 0 Å². The van der Waals surface area contributed by atoms with Crippen LogP contribution in [0.1, 0.15) is 51.5 Å². The second-order valence-electron chi connectivity index (χ2n) is 7.70. The first-order valence-electron chi connectivity index (χ1n) is 9.21. The van der Waals surface area contributed by atoms with Gasteiger partial charge in [0.25, 0.3) is 0 Å². The van der Waals surface area contributed by atoms with Crippen LogP contribution in [0.3, 0.4) is 0 Å². The van der Waals surface area contributed by atoms with E-state index in [-0.39, 0.29) is 5.25 Å². The zero-order valence-corrected chi connectivity index (χ0v) is 15.6. The molecule has 4 heteroatoms. The van der Waals surface area contributed by atoms with E-state index in [2.05, 4.69) is 29.2 Å². The number of nitrogens with one attached hydrogen (secondary N) is 1. The van der Waals surface area contributed by atoms with Crippen molar-refractivity contribution in [3.05, 3.63) is 36.0 Å². The number of hydrogen-bond donors (Lipinski definition) is 1. The summed E-state index contributed by atoms with van der Waals surface area (Å²) in [6.07, 6.45) is 8.86. The van der Waals surface area contributed by atoms with Crippen LogP contribution in [0.2, 0.25) is 0 Å². The maximum Gasteiger partial charge on any atom is 0.152 e. The number of benzene rings is 1. The Morgan fingerprint density at radius 3 is 2.50 bits per heavy atom. The lowest BCUT2D eigenvalue weighted by molar-refractivity contribution is 0.278. The van der Waals surface area contributed by atoms with Gasteiger partial charge >= 0.3 is 0 Å². The molecule has 0 atom stereocenters. The van der Waals surface area contributed by atoms with E-state index in [1.54, 1.807) is 13.8 Å². The Labute approximate surface area is 145 Å². The molecule has 0 bridgehead atoms. The number of aryl methyl sites for hydroxylation is 1. The topological polar surface area (TPSA) is 49.9 Å². The van der Waals surface area contributed by atoms with Gasteiger partial charge in [0, 0.05) is 11.7 Å². The summed E-state index contributed by atoms with van der Waals surface area (Å²) in [7, 11) is -2.89. The summed E-state index contributed by atoms with van der Waals surface area (Å²) >= 11 is 0. The molecule has 0 radical (unpaired) electrons. The highest BCUT2D eigenvalue weighted by molar-refractivity contribution is 7.91. The van der Waals surface area contributed by atoms with Gasteiger partial charge in [0.1, 0.15) is 0 Å². The highest BCUT2D eigenvalue weighted by atomic mass is 32.2. The lowest BCUT2D eigenvalue weighted by Crippen LogP contribution is -2.26. The van der Waals surface area contributed by atoms with Gasteiger partial charge in [0.15, 0.2) is 9.84 Å². The van der Waals surface area contributed by atoms with Crippen molar-refractivity contribution in [3.8, 4) is 0 Å². The molecule has 3 nitrogen and oxygen atoms in total. The van der Waals surface area contributed by atoms with Gasteiger partial charge in [-0.05, 0) is 80.5 Å². The second kappa shape index (κ2) is 7.30. The van der Waals surface area contributed by atoms with E-state index < -0.39 is 9.84 Å². The molecule has 1 aliphatic carbocycles. The van der Waals surface area contributed by atoms with Crippen molar-refractivity contribution >= 4 is 20.7 Å². The minimum atomic E-state index is -2.89. The molecular formula is C20H29NO2S. The molecule has 1 heterocycles. The number of rotatable bonds is 6. The van der Waals surface area contributed by atoms with Crippen molar-refractivity contribution in [2.45, 2.75) is 57.6 Å². The number of hydrogen-bond acceptors (Lipinski definition) is 2. The molecule has 132 valence electrons. The Morgan fingerprint density at radius 2 is 1.79 bits per heavy atom. The Kier molecular flexibility index (Phi) is 5.33. The summed E-state index contributed by atoms with van der Waals surface area (Å²) in [4.78, 5) is 3.23. The summed E-state index contributed by atoms with van der Waals surface area (Å²) in [6.45, 7) is 3.59. The molecule has 0 spiro atoms. The predicted octanol–water partition coefficient (Wildman–Crippen LogP) is 4.73. The molecule has 0 saturated heterocycles. The molecule has 1 saturated carbocycles. The molecule has 24 heavy (non-hydrogen) atoms. The highest BCUT2D eigenvalue weighted by Gasteiger charge is 2.27. The van der Waals surface area contributed by atoms with E-state index >= 15 is 0 Å². The largest absolute Gasteiger partial charge is 0.361 e. The normalized spacial score (nSPS) is 22.3. The van der Waals surface area contributed by atoms with Crippen LogP contribution < -0.4 is 0 Å². The third-order valence-electron chi connectivity index (χ3n) is 5.61. The summed E-state index contributed by atoms with van der Waals surface area (Å²) in [5.41, 5.74) is 2.61. The molecule has 0 aliphatic heterocycles. The monoisotopic (exact) mass is 347 g/mol. The Bertz CT molecular complexity index is 768. The third-order valence-corrected chi connectivity index (χ3v) is 7.98. The van der Waals surface area contributed by atoms with E-state index in [0.29, 0.717) is 11.7 Å². The van der Waals surface area contributed by atoms with Crippen LogP contribution in [0, 0.1) is 11.8 Å². The number of fused-ring (bicyclic) bond motifs is 1. The van der Waals surface area contributed by atoms with Crippen molar-refractivity contribution in [2.24, 2.45) is 11.8 Å². The molecule has 1 fully saturated rings. The number of aromatic nitrogens is 1. The SMILES string of the molecule is CC(C)S(=O)(=O)CC1CCC(CCc2ccc3[nH]ccc3c2)CC1. The molecule has 1 aromatic carbocycles. The highest BCUT2D eigenvalue weighted by Crippen LogP contribution is 2.33. The first kappa shape index (κ1) is 17.5. The van der Waals surface area contributed by atoms with E-state index in [1.807, 2.05) is 6.20 Å². The Morgan fingerprint density at radius 1 is 1.08 bits per heavy atom. The predicted molar refractivity (Wildman–Crippen MR) is 101 cm³/mol. The second-order valence-corrected chi connectivity index (χ2v) is 10.3. The van der Waals surface area contributed by atoms with E-state index in [4.69, 9.17) is 0 Å². The number of aromatic amines is 1. The van der Waals surface area contributed by atoms with Crippen LogP contribution in [0.15, 0.2) is 30.5 Å². The van der Waals surface area contributed by atoms with Crippen molar-refractivity contribution < 1.29 is 8.42 Å². The van der Waals surface area contributed by atoms with Gasteiger partial charge < -0.3 is 4.98 Å². The molecule has 1 N–H and O–H groups in total. The fourth-order valence-corrected chi connectivity index (χ4v) is 5.21. The zero-order valence-electron chi connectivity index (χ0n) is 14.8. The standard InChI is InChI=1S/C20H29NO2S/c1-15(2)24(22,23)14-18-7-4-16(5-8-18)3-6-17-9-10-20-19(13-17)11-12-21-20/h9-13,15-16,18,21H,3-8,14H2,1-2H3. The van der Waals surface area contributed by atoms with Crippen molar-refractivity contribution in [3.63, 3.8) is 0 Å². The minimum absolute atomic E-state index is 0.237. The molecule has 2 aromatic rings. The first-order valence-corrected chi connectivity index (χ1v) is 10.9. The van der Waals surface area contributed by atoms with Gasteiger partial charge in [-0.15, -0.1) is 0 Å². The minimum Gasteiger partial charge on any atom is -0.361 e. The molecule has 3 rings (SSSR count). The summed E-state index contributed by atoms with van der Waals surface area (Å²) in [5.74, 6) is 1.52. The Hall–Kier alpha value is -1.29. The first-order chi connectivity index (χ1) is 11.4. The average molecular weight is 348 g/mol. The average Bonchev–Trinajstić information content (AvgIpc) is 3.01. The maximum atomic E-state index is 12.1. The van der Waals surface area contributed by atoms with Crippen molar-refractivity contribution in [1.29, 1.82) is 0 Å². The van der Waals surface area contributed by atoms with Crippen molar-refractivity contribution in [1.82, 2.24) is 4.98 Å². The van der Waals surface area contributed by atoms with E-state index in [1.165, 1.54) is 35.7 Å². The lowest BCUT2D eigenvalue weighted by Gasteiger charge is -2.28. The van der Waals surface area contributed by atoms with Gasteiger partial charge in [-0.3, -0.25) is 0 Å². The fraction of sp³-hybridized carbons (Fsp3) is 0.600. The van der Waals surface area contributed by atoms with E-state index in [0.717, 1.165) is 25.2 Å². The summed E-state index contributed by atoms with van der Waals surface area (Å²) < 4.78 is 24.1. The lowest BCUT2D eigenvalue weighted by atomic mass is 9.80. The van der Waals surface area contributed by atoms with Crippen LogP contribution in [0.4, 0.5) is 0 Å². The maximum absolute atomic E-state index is 12.1. The van der Waals surface area contributed by atoms with Crippen LogP contribution >= 0.6 is 0 Å². The Balaban J connectivity index is 1.47. The van der Waals surface area contributed by atoms with Gasteiger partial charge in [0.05, 0.1) is 11.0 Å². The number of sulfone groups is 1. The van der Waals surface area contributed by atoms with Crippen LogP contribution in [-0.4, -0.2) is 24.4 Å². The quantitative estimate of drug-likeness (QED) is 0.821. The van der Waals surface area contributed by atoms with Gasteiger partial charge in [-0.2, -0.15) is 0 Å². The summed E-state index contributed by atoms with van der Waals surface area (Å²) in [5, 5.41) is 1.05. The molecule has 0 amide bonds. The molecule has 1 aromatic heterocycles. The van der Waals surface area contributed by atoms with E-state index in [9.17, 15) is 8.42 Å². The fourth-order valence-electron chi connectivity index (χ4n) is 3.84. The summed E-state index contributed by atoms with van der Waals surface area (Å²) in [6, 6.07) is 8.80. The smallest absolute Gasteiger partial charge is 0.152 e. The molecular weight excluding hydrogens is 318 g/mol. The van der Waals surface area contributed by atoms with Crippen LogP contribution in [0.25, 0.3) is 10.9 Å². The number of H-pyrrole nitrogens is 1. The third kappa shape index (κ3) is 4.21. The van der Waals surface area contributed by atoms with Crippen LogP contribution in [-0.2, 0) is 16.3 Å². The van der Waals surface area contributed by atoms with Gasteiger partial charge in [-0.1, -0.05) is 18.9 Å². The zero-order chi connectivity index (χ0) is 17.2. The van der Waals surface area contributed by atoms with Gasteiger partial charge in [-0.25, -0.2) is 8.42 Å². The molecule has 0 unspecified atom stereocenters. The molecule has 1 aliphatic rings. The van der Waals surface area contributed by atoms with Gasteiger partial charge in [0.2, 0.25) is 0 Å².